The molecule has 1 saturated heterocycles. The molecule has 1 unspecified atom stereocenters. The molecule has 20 heavy (non-hydrogen) atoms. The molecule has 1 fully saturated rings. The van der Waals surface area contributed by atoms with Gasteiger partial charge < -0.3 is 10.6 Å². The number of hydrogen-bond donors (Lipinski definition) is 2. The summed E-state index contributed by atoms with van der Waals surface area (Å²) in [5, 5.41) is 17.1. The Labute approximate surface area is 118 Å². The van der Waals surface area contributed by atoms with Crippen molar-refractivity contribution in [2.75, 3.05) is 25.0 Å². The standard InChI is InChI=1S/C16H18N4/c17-9-13-11-20-15-4-2-1-3-14(15)16(13)19-8-6-12-5-7-18-10-12/h1-4,11-12,18H,5-8,10H2,(H,19,20). The molecule has 0 aliphatic carbocycles. The lowest BCUT2D eigenvalue weighted by atomic mass is 10.0. The Kier molecular flexibility index (Phi) is 3.80. The summed E-state index contributed by atoms with van der Waals surface area (Å²) in [4.78, 5) is 4.33. The number of fused-ring (bicyclic) bond motifs is 1. The zero-order valence-electron chi connectivity index (χ0n) is 11.4. The van der Waals surface area contributed by atoms with Crippen molar-refractivity contribution in [2.45, 2.75) is 12.8 Å². The van der Waals surface area contributed by atoms with Crippen molar-refractivity contribution in [3.63, 3.8) is 0 Å². The van der Waals surface area contributed by atoms with Crippen LogP contribution in [0.3, 0.4) is 0 Å². The van der Waals surface area contributed by atoms with E-state index in [-0.39, 0.29) is 0 Å². The number of anilines is 1. The average molecular weight is 266 g/mol. The molecule has 0 spiro atoms. The number of pyridine rings is 1. The van der Waals surface area contributed by atoms with Crippen molar-refractivity contribution >= 4 is 16.6 Å². The van der Waals surface area contributed by atoms with E-state index in [0.29, 0.717) is 5.56 Å². The number of aromatic nitrogens is 1. The smallest absolute Gasteiger partial charge is 0.103 e. The van der Waals surface area contributed by atoms with Gasteiger partial charge in [-0.2, -0.15) is 5.26 Å². The van der Waals surface area contributed by atoms with Crippen LogP contribution in [0.4, 0.5) is 5.69 Å². The first-order chi connectivity index (χ1) is 9.88. The summed E-state index contributed by atoms with van der Waals surface area (Å²) in [7, 11) is 0. The fraction of sp³-hybridized carbons (Fsp3) is 0.375. The lowest BCUT2D eigenvalue weighted by molar-refractivity contribution is 0.549. The summed E-state index contributed by atoms with van der Waals surface area (Å²) in [6.07, 6.45) is 4.04. The summed E-state index contributed by atoms with van der Waals surface area (Å²) in [5.41, 5.74) is 2.47. The van der Waals surface area contributed by atoms with Crippen molar-refractivity contribution in [1.29, 1.82) is 5.26 Å². The third-order valence-electron chi connectivity index (χ3n) is 3.91. The fourth-order valence-electron chi connectivity index (χ4n) is 2.78. The van der Waals surface area contributed by atoms with E-state index in [2.05, 4.69) is 21.7 Å². The van der Waals surface area contributed by atoms with E-state index in [1.165, 1.54) is 6.42 Å². The van der Waals surface area contributed by atoms with E-state index < -0.39 is 0 Å². The number of para-hydroxylation sites is 1. The molecule has 0 bridgehead atoms. The van der Waals surface area contributed by atoms with Gasteiger partial charge in [0.15, 0.2) is 0 Å². The highest BCUT2D eigenvalue weighted by molar-refractivity contribution is 5.93. The molecular weight excluding hydrogens is 248 g/mol. The number of hydrogen-bond acceptors (Lipinski definition) is 4. The van der Waals surface area contributed by atoms with Crippen LogP contribution in [0.15, 0.2) is 30.5 Å². The molecule has 0 radical (unpaired) electrons. The number of nitriles is 1. The van der Waals surface area contributed by atoms with Crippen LogP contribution >= 0.6 is 0 Å². The van der Waals surface area contributed by atoms with Crippen molar-refractivity contribution in [1.82, 2.24) is 10.3 Å². The molecule has 0 amide bonds. The van der Waals surface area contributed by atoms with Gasteiger partial charge in [0.1, 0.15) is 6.07 Å². The lowest BCUT2D eigenvalue weighted by Crippen LogP contribution is -2.13. The van der Waals surface area contributed by atoms with Crippen molar-refractivity contribution in [3.05, 3.63) is 36.0 Å². The van der Waals surface area contributed by atoms with E-state index in [1.54, 1.807) is 6.20 Å². The Morgan fingerprint density at radius 1 is 1.40 bits per heavy atom. The van der Waals surface area contributed by atoms with Crippen LogP contribution in [0.2, 0.25) is 0 Å². The molecule has 102 valence electrons. The van der Waals surface area contributed by atoms with Crippen molar-refractivity contribution in [3.8, 4) is 6.07 Å². The van der Waals surface area contributed by atoms with Gasteiger partial charge in [0, 0.05) is 18.1 Å². The summed E-state index contributed by atoms with van der Waals surface area (Å²) in [6, 6.07) is 10.2. The van der Waals surface area contributed by atoms with E-state index in [9.17, 15) is 5.26 Å². The molecule has 4 nitrogen and oxygen atoms in total. The molecule has 2 aromatic rings. The van der Waals surface area contributed by atoms with Gasteiger partial charge >= 0.3 is 0 Å². The van der Waals surface area contributed by atoms with Crippen LogP contribution in [0.5, 0.6) is 0 Å². The second kappa shape index (κ2) is 5.89. The van der Waals surface area contributed by atoms with Gasteiger partial charge in [0.25, 0.3) is 0 Å². The molecule has 1 aliphatic heterocycles. The molecule has 4 heteroatoms. The molecule has 3 rings (SSSR count). The second-order valence-corrected chi connectivity index (χ2v) is 5.25. The van der Waals surface area contributed by atoms with E-state index >= 15 is 0 Å². The van der Waals surface area contributed by atoms with Gasteiger partial charge in [-0.15, -0.1) is 0 Å². The topological polar surface area (TPSA) is 60.7 Å². The number of nitrogens with one attached hydrogen (secondary N) is 2. The van der Waals surface area contributed by atoms with Gasteiger partial charge in [0.05, 0.1) is 16.8 Å². The summed E-state index contributed by atoms with van der Waals surface area (Å²) in [6.45, 7) is 3.14. The van der Waals surface area contributed by atoms with Crippen LogP contribution in [-0.4, -0.2) is 24.6 Å². The minimum Gasteiger partial charge on any atom is -0.383 e. The van der Waals surface area contributed by atoms with Crippen molar-refractivity contribution < 1.29 is 0 Å². The third kappa shape index (κ3) is 2.59. The first kappa shape index (κ1) is 12.9. The molecule has 1 atom stereocenters. The normalized spacial score (nSPS) is 18.1. The zero-order chi connectivity index (χ0) is 13.8. The monoisotopic (exact) mass is 266 g/mol. The predicted octanol–water partition coefficient (Wildman–Crippen LogP) is 2.52. The molecule has 1 aliphatic rings. The number of rotatable bonds is 4. The van der Waals surface area contributed by atoms with Gasteiger partial charge in [-0.1, -0.05) is 18.2 Å². The first-order valence-corrected chi connectivity index (χ1v) is 7.11. The summed E-state index contributed by atoms with van der Waals surface area (Å²) >= 11 is 0. The van der Waals surface area contributed by atoms with Gasteiger partial charge in [-0.3, -0.25) is 4.98 Å². The van der Waals surface area contributed by atoms with E-state index in [0.717, 1.165) is 48.6 Å². The van der Waals surface area contributed by atoms with E-state index in [1.807, 2.05) is 24.3 Å². The van der Waals surface area contributed by atoms with Crippen LogP contribution in [0.1, 0.15) is 18.4 Å². The predicted molar refractivity (Wildman–Crippen MR) is 80.5 cm³/mol. The lowest BCUT2D eigenvalue weighted by Gasteiger charge is -2.13. The zero-order valence-corrected chi connectivity index (χ0v) is 11.4. The molecule has 0 saturated carbocycles. The fourth-order valence-corrected chi connectivity index (χ4v) is 2.78. The molecule has 2 N–H and O–H groups in total. The van der Waals surface area contributed by atoms with Crippen LogP contribution < -0.4 is 10.6 Å². The van der Waals surface area contributed by atoms with Gasteiger partial charge in [-0.25, -0.2) is 0 Å². The Balaban J connectivity index is 1.79. The number of nitrogens with zero attached hydrogens (tertiary/aromatic N) is 2. The maximum Gasteiger partial charge on any atom is 0.103 e. The maximum atomic E-state index is 9.25. The quantitative estimate of drug-likeness (QED) is 0.892. The largest absolute Gasteiger partial charge is 0.383 e. The molecule has 1 aromatic heterocycles. The second-order valence-electron chi connectivity index (χ2n) is 5.25. The molecular formula is C16H18N4. The Morgan fingerprint density at radius 2 is 2.30 bits per heavy atom. The Bertz CT molecular complexity index is 638. The Hall–Kier alpha value is -2.12. The SMILES string of the molecule is N#Cc1cnc2ccccc2c1NCCC1CCNC1. The van der Waals surface area contributed by atoms with Crippen LogP contribution in [-0.2, 0) is 0 Å². The van der Waals surface area contributed by atoms with Crippen LogP contribution in [0, 0.1) is 17.2 Å². The Morgan fingerprint density at radius 3 is 3.10 bits per heavy atom. The highest BCUT2D eigenvalue weighted by atomic mass is 14.9. The molecule has 2 heterocycles. The number of benzene rings is 1. The summed E-state index contributed by atoms with van der Waals surface area (Å²) < 4.78 is 0. The van der Waals surface area contributed by atoms with Crippen molar-refractivity contribution in [2.24, 2.45) is 5.92 Å². The highest BCUT2D eigenvalue weighted by Crippen LogP contribution is 2.25. The van der Waals surface area contributed by atoms with Gasteiger partial charge in [0.2, 0.25) is 0 Å². The average Bonchev–Trinajstić information content (AvgIpc) is 3.00. The molecule has 1 aromatic carbocycles. The first-order valence-electron chi connectivity index (χ1n) is 7.11. The highest BCUT2D eigenvalue weighted by Gasteiger charge is 2.14. The minimum atomic E-state index is 0.619. The summed E-state index contributed by atoms with van der Waals surface area (Å²) in [5.74, 6) is 0.751. The minimum absolute atomic E-state index is 0.619. The van der Waals surface area contributed by atoms with Gasteiger partial charge in [-0.05, 0) is 37.9 Å². The van der Waals surface area contributed by atoms with Crippen LogP contribution in [0.25, 0.3) is 10.9 Å². The third-order valence-corrected chi connectivity index (χ3v) is 3.91. The maximum absolute atomic E-state index is 9.25. The van der Waals surface area contributed by atoms with E-state index in [4.69, 9.17) is 0 Å².